The van der Waals surface area contributed by atoms with Crippen LogP contribution < -0.4 is 9.47 Å². The van der Waals surface area contributed by atoms with E-state index in [9.17, 15) is 4.79 Å². The second-order valence-electron chi connectivity index (χ2n) is 4.95. The molecule has 0 saturated heterocycles. The molecule has 1 aromatic rings. The van der Waals surface area contributed by atoms with Crippen LogP contribution >= 0.6 is 15.9 Å². The maximum atomic E-state index is 11.1. The van der Waals surface area contributed by atoms with Crippen LogP contribution in [0.15, 0.2) is 10.5 Å². The number of carboxylic acid groups (broad SMARTS) is 1. The van der Waals surface area contributed by atoms with Gasteiger partial charge in [0.25, 0.3) is 0 Å². The van der Waals surface area contributed by atoms with Gasteiger partial charge in [-0.15, -0.1) is 0 Å². The number of benzene rings is 1. The van der Waals surface area contributed by atoms with Crippen molar-refractivity contribution in [3.63, 3.8) is 0 Å². The molecular formula is C14H17BrO4. The van der Waals surface area contributed by atoms with Crippen molar-refractivity contribution >= 4 is 21.9 Å². The normalized spacial score (nSPS) is 16.0. The Hall–Kier alpha value is -1.23. The summed E-state index contributed by atoms with van der Waals surface area (Å²) in [5, 5.41) is 9.08. The van der Waals surface area contributed by atoms with Gasteiger partial charge in [0, 0.05) is 16.5 Å². The van der Waals surface area contributed by atoms with E-state index in [1.54, 1.807) is 14.2 Å². The molecule has 0 atom stereocenters. The Labute approximate surface area is 120 Å². The highest BCUT2D eigenvalue weighted by Gasteiger charge is 2.48. The first-order valence-corrected chi connectivity index (χ1v) is 6.88. The third kappa shape index (κ3) is 2.43. The molecule has 1 aliphatic rings. The highest BCUT2D eigenvalue weighted by Crippen LogP contribution is 2.56. The average Bonchev–Trinajstić information content (AvgIpc) is 3.12. The lowest BCUT2D eigenvalue weighted by atomic mass is 9.90. The molecule has 0 aromatic heterocycles. The van der Waals surface area contributed by atoms with E-state index in [-0.39, 0.29) is 11.8 Å². The topological polar surface area (TPSA) is 55.8 Å². The Balaban J connectivity index is 2.56. The predicted octanol–water partition coefficient (Wildman–Crippen LogP) is 3.28. The lowest BCUT2D eigenvalue weighted by molar-refractivity contribution is -0.137. The molecule has 1 aromatic carbocycles. The molecule has 0 heterocycles. The standard InChI is InChI=1S/C14H17BrO4/c1-8-10(18-2)6-9(13(19-3)12(8)15)14(4-5-14)7-11(16)17/h6H,4-5,7H2,1-3H3,(H,16,17). The van der Waals surface area contributed by atoms with Crippen molar-refractivity contribution < 1.29 is 19.4 Å². The minimum absolute atomic E-state index is 0.127. The van der Waals surface area contributed by atoms with Crippen LogP contribution in [0.2, 0.25) is 0 Å². The molecule has 1 aliphatic carbocycles. The Kier molecular flexibility index (Phi) is 3.76. The summed E-state index contributed by atoms with van der Waals surface area (Å²) in [5.41, 5.74) is 1.57. The van der Waals surface area contributed by atoms with Gasteiger partial charge in [0.05, 0.1) is 25.1 Å². The van der Waals surface area contributed by atoms with Crippen molar-refractivity contribution in [3.05, 3.63) is 21.7 Å². The van der Waals surface area contributed by atoms with E-state index in [0.29, 0.717) is 0 Å². The van der Waals surface area contributed by atoms with Crippen molar-refractivity contribution in [1.82, 2.24) is 0 Å². The van der Waals surface area contributed by atoms with Crippen LogP contribution in [0, 0.1) is 6.92 Å². The number of aliphatic carboxylic acids is 1. The molecule has 0 spiro atoms. The van der Waals surface area contributed by atoms with E-state index in [0.717, 1.165) is 39.9 Å². The van der Waals surface area contributed by atoms with Crippen LogP contribution in [-0.4, -0.2) is 25.3 Å². The van der Waals surface area contributed by atoms with Gasteiger partial charge in [-0.25, -0.2) is 0 Å². The van der Waals surface area contributed by atoms with Crippen molar-refractivity contribution in [2.24, 2.45) is 0 Å². The van der Waals surface area contributed by atoms with Crippen LogP contribution in [-0.2, 0) is 10.2 Å². The van der Waals surface area contributed by atoms with Crippen LogP contribution in [0.1, 0.15) is 30.4 Å². The smallest absolute Gasteiger partial charge is 0.304 e. The Bertz CT molecular complexity index is 521. The number of carboxylic acids is 1. The van der Waals surface area contributed by atoms with Crippen LogP contribution in [0.4, 0.5) is 0 Å². The maximum Gasteiger partial charge on any atom is 0.304 e. The second-order valence-corrected chi connectivity index (χ2v) is 5.74. The number of hydrogen-bond donors (Lipinski definition) is 1. The number of methoxy groups -OCH3 is 2. The van der Waals surface area contributed by atoms with Crippen LogP contribution in [0.5, 0.6) is 11.5 Å². The summed E-state index contributed by atoms with van der Waals surface area (Å²) in [7, 11) is 3.22. The third-order valence-corrected chi connectivity index (χ3v) is 4.71. The maximum absolute atomic E-state index is 11.1. The first kappa shape index (κ1) is 14.2. The lowest BCUT2D eigenvalue weighted by Gasteiger charge is -2.21. The summed E-state index contributed by atoms with van der Waals surface area (Å²) < 4.78 is 11.7. The number of halogens is 1. The van der Waals surface area contributed by atoms with Gasteiger partial charge in [-0.05, 0) is 41.8 Å². The van der Waals surface area contributed by atoms with Crippen LogP contribution in [0.3, 0.4) is 0 Å². The van der Waals surface area contributed by atoms with E-state index < -0.39 is 5.97 Å². The molecule has 0 bridgehead atoms. The summed E-state index contributed by atoms with van der Waals surface area (Å²) in [4.78, 5) is 11.1. The van der Waals surface area contributed by atoms with Crippen molar-refractivity contribution in [1.29, 1.82) is 0 Å². The van der Waals surface area contributed by atoms with Gasteiger partial charge in [-0.2, -0.15) is 0 Å². The van der Waals surface area contributed by atoms with E-state index in [4.69, 9.17) is 14.6 Å². The van der Waals surface area contributed by atoms with Crippen LogP contribution in [0.25, 0.3) is 0 Å². The lowest BCUT2D eigenvalue weighted by Crippen LogP contribution is -2.15. The summed E-state index contributed by atoms with van der Waals surface area (Å²) in [5.74, 6) is 0.687. The molecule has 4 nitrogen and oxygen atoms in total. The first-order chi connectivity index (χ1) is 8.95. The van der Waals surface area contributed by atoms with Gasteiger partial charge in [0.15, 0.2) is 0 Å². The molecule has 1 fully saturated rings. The Morgan fingerprint density at radius 3 is 2.47 bits per heavy atom. The van der Waals surface area contributed by atoms with Crippen molar-refractivity contribution in [2.75, 3.05) is 14.2 Å². The van der Waals surface area contributed by atoms with Gasteiger partial charge >= 0.3 is 5.97 Å². The monoisotopic (exact) mass is 328 g/mol. The average molecular weight is 329 g/mol. The van der Waals surface area contributed by atoms with E-state index in [1.807, 2.05) is 13.0 Å². The zero-order chi connectivity index (χ0) is 14.2. The Morgan fingerprint density at radius 1 is 1.42 bits per heavy atom. The quantitative estimate of drug-likeness (QED) is 0.901. The van der Waals surface area contributed by atoms with E-state index in [2.05, 4.69) is 15.9 Å². The predicted molar refractivity (Wildman–Crippen MR) is 75.1 cm³/mol. The largest absolute Gasteiger partial charge is 0.496 e. The molecule has 0 amide bonds. The molecule has 0 unspecified atom stereocenters. The van der Waals surface area contributed by atoms with Gasteiger partial charge < -0.3 is 14.6 Å². The number of rotatable bonds is 5. The number of carbonyl (C=O) groups is 1. The van der Waals surface area contributed by atoms with Crippen molar-refractivity contribution in [2.45, 2.75) is 31.6 Å². The summed E-state index contributed by atoms with van der Waals surface area (Å²) in [6.07, 6.45) is 1.87. The fourth-order valence-corrected chi connectivity index (χ4v) is 3.06. The fraction of sp³-hybridized carbons (Fsp3) is 0.500. The first-order valence-electron chi connectivity index (χ1n) is 6.08. The van der Waals surface area contributed by atoms with E-state index in [1.165, 1.54) is 0 Å². The number of ether oxygens (including phenoxy) is 2. The molecule has 5 heteroatoms. The summed E-state index contributed by atoms with van der Waals surface area (Å²) in [6.45, 7) is 1.94. The summed E-state index contributed by atoms with van der Waals surface area (Å²) in [6, 6.07) is 1.91. The molecular weight excluding hydrogens is 312 g/mol. The molecule has 0 radical (unpaired) electrons. The fourth-order valence-electron chi connectivity index (χ4n) is 2.49. The molecule has 1 saturated carbocycles. The second kappa shape index (κ2) is 5.04. The Morgan fingerprint density at radius 2 is 2.05 bits per heavy atom. The minimum Gasteiger partial charge on any atom is -0.496 e. The zero-order valence-electron chi connectivity index (χ0n) is 11.2. The van der Waals surface area contributed by atoms with Gasteiger partial charge in [-0.3, -0.25) is 4.79 Å². The van der Waals surface area contributed by atoms with Gasteiger partial charge in [-0.1, -0.05) is 0 Å². The molecule has 2 rings (SSSR count). The molecule has 19 heavy (non-hydrogen) atoms. The minimum atomic E-state index is -0.782. The van der Waals surface area contributed by atoms with Gasteiger partial charge in [0.2, 0.25) is 0 Å². The third-order valence-electron chi connectivity index (χ3n) is 3.76. The molecule has 0 aliphatic heterocycles. The van der Waals surface area contributed by atoms with Gasteiger partial charge in [0.1, 0.15) is 11.5 Å². The SMILES string of the molecule is COc1cc(C2(CC(=O)O)CC2)c(OC)c(Br)c1C. The van der Waals surface area contributed by atoms with Crippen molar-refractivity contribution in [3.8, 4) is 11.5 Å². The highest BCUT2D eigenvalue weighted by molar-refractivity contribution is 9.10. The zero-order valence-corrected chi connectivity index (χ0v) is 12.8. The number of hydrogen-bond acceptors (Lipinski definition) is 3. The molecule has 104 valence electrons. The summed E-state index contributed by atoms with van der Waals surface area (Å²) >= 11 is 3.52. The van der Waals surface area contributed by atoms with E-state index >= 15 is 0 Å². The molecule has 1 N–H and O–H groups in total. The highest BCUT2D eigenvalue weighted by atomic mass is 79.9.